The van der Waals surface area contributed by atoms with Crippen LogP contribution in [0.4, 0.5) is 18.9 Å². The molecule has 4 atom stereocenters. The largest absolute Gasteiger partial charge is 0.490 e. The fourth-order valence-electron chi connectivity index (χ4n) is 5.65. The molecule has 6 N–H and O–H groups in total. The third kappa shape index (κ3) is 13.8. The Morgan fingerprint density at radius 3 is 2.07 bits per heavy atom. The smallest absolute Gasteiger partial charge is 0.481 e. The molecule has 54 heavy (non-hydrogen) atoms. The van der Waals surface area contributed by atoms with Crippen molar-refractivity contribution in [3.05, 3.63) is 40.2 Å². The lowest BCUT2D eigenvalue weighted by Gasteiger charge is -2.30. The van der Waals surface area contributed by atoms with Gasteiger partial charge in [-0.1, -0.05) is 39.5 Å². The summed E-state index contributed by atoms with van der Waals surface area (Å²) in [4.78, 5) is 99.2. The lowest BCUT2D eigenvalue weighted by molar-refractivity contribution is -0.192. The van der Waals surface area contributed by atoms with Gasteiger partial charge in [0.05, 0.1) is 6.42 Å². The van der Waals surface area contributed by atoms with Crippen molar-refractivity contribution in [1.82, 2.24) is 20.9 Å². The number of carbonyl (C=O) groups is 7. The lowest BCUT2D eigenvalue weighted by atomic mass is 10.1. The first-order chi connectivity index (χ1) is 25.3. The number of nitrogens with one attached hydrogen (secondary N) is 4. The number of hydrogen-bond acceptors (Lipinski definition) is 9. The number of amides is 5. The molecule has 3 rings (SSSR count). The van der Waals surface area contributed by atoms with Crippen molar-refractivity contribution in [2.45, 2.75) is 116 Å². The van der Waals surface area contributed by atoms with Gasteiger partial charge in [0.2, 0.25) is 29.5 Å². The van der Waals surface area contributed by atoms with Crippen LogP contribution in [0.2, 0.25) is 0 Å². The number of carbonyl (C=O) groups excluding carboxylic acids is 5. The van der Waals surface area contributed by atoms with Crippen LogP contribution in [0.3, 0.4) is 0 Å². The van der Waals surface area contributed by atoms with Crippen molar-refractivity contribution < 1.29 is 61.4 Å². The van der Waals surface area contributed by atoms with Crippen molar-refractivity contribution in [2.75, 3.05) is 11.9 Å². The number of alkyl halides is 3. The van der Waals surface area contributed by atoms with Crippen molar-refractivity contribution in [3.8, 4) is 0 Å². The molecule has 298 valence electrons. The van der Waals surface area contributed by atoms with E-state index in [2.05, 4.69) is 21.3 Å². The molecular weight excluding hydrogens is 723 g/mol. The molecule has 2 heterocycles. The molecule has 0 spiro atoms. The highest BCUT2D eigenvalue weighted by molar-refractivity contribution is 6.01. The topological polar surface area (TPSA) is 242 Å². The molecule has 0 radical (unpaired) electrons. The quantitative estimate of drug-likeness (QED) is 0.136. The molecule has 1 aromatic heterocycles. The summed E-state index contributed by atoms with van der Waals surface area (Å²) < 4.78 is 37.0. The predicted molar refractivity (Wildman–Crippen MR) is 187 cm³/mol. The van der Waals surface area contributed by atoms with Crippen LogP contribution in [0, 0.1) is 6.92 Å². The van der Waals surface area contributed by atoms with E-state index in [1.807, 2.05) is 13.8 Å². The molecule has 0 bridgehead atoms. The number of aliphatic carboxylic acids is 2. The standard InChI is InChI=1S/C33H45N5O9.C2HF3O2/c1-5-7-10-23(36-32(45)26-12-9-15-38(26)33(46)24(11-8-6-2)34-20(4)39)30(43)37-25(18-28(40)41)31(44)35-21-13-14-22-19(3)16-29(42)47-27(22)17-21;3-2(4,5)1(6)7/h13-14,16-17,23-26H,5-12,15,18H2,1-4H3,(H,34,39)(H,35,44)(H,36,45)(H,37,43)(H,40,41);(H,6,7)/t23-,24-,25-,26-;/m0./s1. The van der Waals surface area contributed by atoms with Gasteiger partial charge in [0.15, 0.2) is 0 Å². The van der Waals surface area contributed by atoms with Crippen LogP contribution in [0.25, 0.3) is 11.0 Å². The minimum Gasteiger partial charge on any atom is -0.481 e. The summed E-state index contributed by atoms with van der Waals surface area (Å²) in [5, 5.41) is 27.7. The second-order valence-electron chi connectivity index (χ2n) is 12.7. The maximum absolute atomic E-state index is 13.5. The van der Waals surface area contributed by atoms with Gasteiger partial charge >= 0.3 is 23.7 Å². The Balaban J connectivity index is 0.00000131. The Morgan fingerprint density at radius 2 is 1.52 bits per heavy atom. The highest BCUT2D eigenvalue weighted by Gasteiger charge is 2.39. The number of anilines is 1. The summed E-state index contributed by atoms with van der Waals surface area (Å²) in [5.74, 6) is -6.91. The average Bonchev–Trinajstić information content (AvgIpc) is 3.57. The van der Waals surface area contributed by atoms with E-state index in [-0.39, 0.29) is 29.5 Å². The highest BCUT2D eigenvalue weighted by atomic mass is 19.4. The number of halogens is 3. The number of likely N-dealkylation sites (tertiary alicyclic amines) is 1. The molecule has 1 saturated heterocycles. The molecular formula is C35H46F3N5O11. The minimum atomic E-state index is -5.08. The van der Waals surface area contributed by atoms with Gasteiger partial charge in [-0.05, 0) is 50.3 Å². The number of hydrogen-bond donors (Lipinski definition) is 6. The number of carboxylic acid groups (broad SMARTS) is 2. The van der Waals surface area contributed by atoms with E-state index in [0.717, 1.165) is 6.42 Å². The zero-order chi connectivity index (χ0) is 40.7. The molecule has 1 aliphatic heterocycles. The number of rotatable bonds is 16. The maximum Gasteiger partial charge on any atom is 0.490 e. The number of carboxylic acids is 2. The Morgan fingerprint density at radius 1 is 0.907 bits per heavy atom. The van der Waals surface area contributed by atoms with Gasteiger partial charge in [0.1, 0.15) is 29.8 Å². The number of benzene rings is 1. The van der Waals surface area contributed by atoms with E-state index < -0.39 is 72.1 Å². The third-order valence-electron chi connectivity index (χ3n) is 8.31. The second kappa shape index (κ2) is 20.7. The van der Waals surface area contributed by atoms with Crippen LogP contribution in [0.1, 0.15) is 84.1 Å². The van der Waals surface area contributed by atoms with Crippen molar-refractivity contribution >= 4 is 58.1 Å². The van der Waals surface area contributed by atoms with Gasteiger partial charge < -0.3 is 40.8 Å². The first-order valence-corrected chi connectivity index (χ1v) is 17.3. The molecule has 0 aliphatic carbocycles. The van der Waals surface area contributed by atoms with Crippen LogP contribution in [-0.4, -0.2) is 93.5 Å². The molecule has 0 saturated carbocycles. The molecule has 2 aromatic rings. The summed E-state index contributed by atoms with van der Waals surface area (Å²) in [6.45, 7) is 7.27. The Hall–Kier alpha value is -5.49. The van der Waals surface area contributed by atoms with Gasteiger partial charge in [-0.2, -0.15) is 13.2 Å². The SMILES string of the molecule is CCCC[C@H](NC(=O)[C@@H]1CCCN1C(=O)[C@H](CCCC)NC(C)=O)C(=O)N[C@@H](CC(=O)O)C(=O)Nc1ccc2c(C)cc(=O)oc2c1.O=C(O)C(F)(F)F. The summed E-state index contributed by atoms with van der Waals surface area (Å²) in [5.41, 5.74) is 0.560. The van der Waals surface area contributed by atoms with Crippen molar-refractivity contribution in [1.29, 1.82) is 0 Å². The first kappa shape index (κ1) is 44.7. The summed E-state index contributed by atoms with van der Waals surface area (Å²) >= 11 is 0. The number of fused-ring (bicyclic) bond motifs is 1. The van der Waals surface area contributed by atoms with Crippen LogP contribution >= 0.6 is 0 Å². The Labute approximate surface area is 308 Å². The second-order valence-corrected chi connectivity index (χ2v) is 12.7. The maximum atomic E-state index is 13.5. The molecule has 16 nitrogen and oxygen atoms in total. The van der Waals surface area contributed by atoms with Gasteiger partial charge in [-0.25, -0.2) is 9.59 Å². The zero-order valence-electron chi connectivity index (χ0n) is 30.3. The molecule has 1 aliphatic rings. The summed E-state index contributed by atoms with van der Waals surface area (Å²) in [6, 6.07) is 1.75. The van der Waals surface area contributed by atoms with Crippen LogP contribution in [0.15, 0.2) is 33.5 Å². The zero-order valence-corrected chi connectivity index (χ0v) is 30.3. The first-order valence-electron chi connectivity index (χ1n) is 17.3. The predicted octanol–water partition coefficient (Wildman–Crippen LogP) is 2.99. The summed E-state index contributed by atoms with van der Waals surface area (Å²) in [6.07, 6.45) is -1.46. The normalized spacial score (nSPS) is 15.5. The van der Waals surface area contributed by atoms with Gasteiger partial charge in [-0.3, -0.25) is 28.8 Å². The van der Waals surface area contributed by atoms with Crippen molar-refractivity contribution in [3.63, 3.8) is 0 Å². The Kier molecular flexibility index (Phi) is 17.1. The molecule has 5 amide bonds. The lowest BCUT2D eigenvalue weighted by Crippen LogP contribution is -2.57. The number of unbranched alkanes of at least 4 members (excludes halogenated alkanes) is 2. The van der Waals surface area contributed by atoms with E-state index in [0.29, 0.717) is 56.0 Å². The van der Waals surface area contributed by atoms with Gasteiger partial charge in [0, 0.05) is 36.7 Å². The van der Waals surface area contributed by atoms with Crippen LogP contribution in [0.5, 0.6) is 0 Å². The van der Waals surface area contributed by atoms with Crippen LogP contribution in [-0.2, 0) is 33.6 Å². The van der Waals surface area contributed by atoms with E-state index in [4.69, 9.17) is 14.3 Å². The van der Waals surface area contributed by atoms with E-state index >= 15 is 0 Å². The van der Waals surface area contributed by atoms with E-state index in [1.165, 1.54) is 24.0 Å². The molecule has 1 aromatic carbocycles. The fraction of sp³-hybridized carbons (Fsp3) is 0.543. The monoisotopic (exact) mass is 769 g/mol. The highest BCUT2D eigenvalue weighted by Crippen LogP contribution is 2.22. The van der Waals surface area contributed by atoms with E-state index in [9.17, 15) is 51.8 Å². The average molecular weight is 770 g/mol. The number of aryl methyl sites for hydroxylation is 1. The number of nitrogens with zero attached hydrogens (tertiary/aromatic N) is 1. The molecule has 19 heteroatoms. The fourth-order valence-corrected chi connectivity index (χ4v) is 5.65. The van der Waals surface area contributed by atoms with Crippen LogP contribution < -0.4 is 26.9 Å². The summed E-state index contributed by atoms with van der Waals surface area (Å²) in [7, 11) is 0. The van der Waals surface area contributed by atoms with Crippen molar-refractivity contribution in [2.24, 2.45) is 0 Å². The van der Waals surface area contributed by atoms with Gasteiger partial charge in [-0.15, -0.1) is 0 Å². The molecule has 1 fully saturated rings. The van der Waals surface area contributed by atoms with E-state index in [1.54, 1.807) is 19.1 Å². The third-order valence-corrected chi connectivity index (χ3v) is 8.31. The van der Waals surface area contributed by atoms with Gasteiger partial charge in [0.25, 0.3) is 0 Å². The minimum absolute atomic E-state index is 0.213. The molecule has 0 unspecified atom stereocenters. The Bertz CT molecular complexity index is 1750.